The Balaban J connectivity index is 1.88. The van der Waals surface area contributed by atoms with Crippen LogP contribution in [-0.2, 0) is 16.2 Å². The number of halogens is 4. The maximum atomic E-state index is 13.3. The molecule has 0 aromatic heterocycles. The summed E-state index contributed by atoms with van der Waals surface area (Å²) in [5.74, 6) is 4.44. The highest BCUT2D eigenvalue weighted by molar-refractivity contribution is 7.89. The number of hydrogen-bond acceptors (Lipinski definition) is 3. The first-order valence-electron chi connectivity index (χ1n) is 7.20. The summed E-state index contributed by atoms with van der Waals surface area (Å²) in [6.45, 7) is -0.424. The Morgan fingerprint density at radius 1 is 1.00 bits per heavy atom. The smallest absolute Gasteiger partial charge is 0.416 e. The Bertz CT molecular complexity index is 914. The average molecular weight is 387 g/mol. The van der Waals surface area contributed by atoms with Gasteiger partial charge < -0.3 is 4.74 Å². The van der Waals surface area contributed by atoms with E-state index in [1.54, 1.807) is 6.07 Å². The Kier molecular flexibility index (Phi) is 6.23. The van der Waals surface area contributed by atoms with Gasteiger partial charge in [0.25, 0.3) is 0 Å². The lowest BCUT2D eigenvalue weighted by Crippen LogP contribution is -2.24. The SMILES string of the molecule is O=S(=O)(NCC#CCOc1ccccc1F)c1ccc(C(F)(F)F)cc1. The quantitative estimate of drug-likeness (QED) is 0.633. The number of hydrogen-bond donors (Lipinski definition) is 1. The van der Waals surface area contributed by atoms with Gasteiger partial charge in [0.05, 0.1) is 17.0 Å². The second-order valence-corrected chi connectivity index (χ2v) is 6.69. The first-order valence-corrected chi connectivity index (χ1v) is 8.68. The van der Waals surface area contributed by atoms with Gasteiger partial charge in [0.2, 0.25) is 10.0 Å². The molecule has 0 saturated carbocycles. The van der Waals surface area contributed by atoms with Crippen LogP contribution in [-0.4, -0.2) is 21.6 Å². The van der Waals surface area contributed by atoms with Crippen LogP contribution in [0.3, 0.4) is 0 Å². The molecular formula is C17H13F4NO3S. The molecule has 2 rings (SSSR count). The Labute approximate surface area is 147 Å². The predicted octanol–water partition coefficient (Wildman–Crippen LogP) is 3.21. The third-order valence-electron chi connectivity index (χ3n) is 3.10. The molecule has 2 aromatic rings. The highest BCUT2D eigenvalue weighted by Gasteiger charge is 2.30. The van der Waals surface area contributed by atoms with E-state index in [1.165, 1.54) is 18.2 Å². The highest BCUT2D eigenvalue weighted by atomic mass is 32.2. The zero-order valence-electron chi connectivity index (χ0n) is 13.2. The van der Waals surface area contributed by atoms with E-state index in [4.69, 9.17) is 4.74 Å². The van der Waals surface area contributed by atoms with Crippen LogP contribution in [0.15, 0.2) is 53.4 Å². The fraction of sp³-hybridized carbons (Fsp3) is 0.176. The van der Waals surface area contributed by atoms with Crippen LogP contribution in [0.25, 0.3) is 0 Å². The number of sulfonamides is 1. The Morgan fingerprint density at radius 2 is 1.65 bits per heavy atom. The van der Waals surface area contributed by atoms with Crippen molar-refractivity contribution in [2.24, 2.45) is 0 Å². The second-order valence-electron chi connectivity index (χ2n) is 4.92. The van der Waals surface area contributed by atoms with E-state index in [0.29, 0.717) is 12.1 Å². The summed E-state index contributed by atoms with van der Waals surface area (Å²) in [7, 11) is -3.99. The summed E-state index contributed by atoms with van der Waals surface area (Å²) in [5.41, 5.74) is -0.943. The molecule has 0 saturated heterocycles. The molecule has 0 aliphatic carbocycles. The summed E-state index contributed by atoms with van der Waals surface area (Å²) in [4.78, 5) is -0.310. The number of para-hydroxylation sites is 1. The van der Waals surface area contributed by atoms with Crippen molar-refractivity contribution in [1.29, 1.82) is 0 Å². The normalized spacial score (nSPS) is 11.5. The van der Waals surface area contributed by atoms with E-state index in [0.717, 1.165) is 12.1 Å². The molecule has 2 aromatic carbocycles. The molecule has 0 amide bonds. The number of rotatable bonds is 5. The van der Waals surface area contributed by atoms with Crippen molar-refractivity contribution in [1.82, 2.24) is 4.72 Å². The molecule has 0 radical (unpaired) electrons. The highest BCUT2D eigenvalue weighted by Crippen LogP contribution is 2.29. The zero-order valence-corrected chi connectivity index (χ0v) is 14.0. The minimum Gasteiger partial charge on any atom is -0.478 e. The summed E-state index contributed by atoms with van der Waals surface area (Å²) >= 11 is 0. The standard InChI is InChI=1S/C17H13F4NO3S/c18-15-5-1-2-6-16(15)25-12-4-3-11-22-26(23,24)14-9-7-13(8-10-14)17(19,20)21/h1-2,5-10,22H,11-12H2. The molecule has 9 heteroatoms. The summed E-state index contributed by atoms with van der Waals surface area (Å²) in [6, 6.07) is 8.82. The fourth-order valence-electron chi connectivity index (χ4n) is 1.83. The van der Waals surface area contributed by atoms with Gasteiger partial charge in [0.15, 0.2) is 11.6 Å². The maximum Gasteiger partial charge on any atom is 0.416 e. The largest absolute Gasteiger partial charge is 0.478 e. The topological polar surface area (TPSA) is 55.4 Å². The Hall–Kier alpha value is -2.57. The molecule has 0 atom stereocenters. The van der Waals surface area contributed by atoms with Gasteiger partial charge >= 0.3 is 6.18 Å². The van der Waals surface area contributed by atoms with Crippen molar-refractivity contribution >= 4 is 10.0 Å². The molecule has 4 nitrogen and oxygen atoms in total. The van der Waals surface area contributed by atoms with E-state index >= 15 is 0 Å². The summed E-state index contributed by atoms with van der Waals surface area (Å²) < 4.78 is 81.8. The first-order chi connectivity index (χ1) is 12.2. The first kappa shape index (κ1) is 19.8. The number of benzene rings is 2. The van der Waals surface area contributed by atoms with Gasteiger partial charge in [-0.05, 0) is 36.4 Å². The maximum absolute atomic E-state index is 13.3. The van der Waals surface area contributed by atoms with Gasteiger partial charge in [-0.2, -0.15) is 17.9 Å². The minimum atomic E-state index is -4.54. The molecule has 26 heavy (non-hydrogen) atoms. The number of alkyl halides is 3. The van der Waals surface area contributed by atoms with Crippen LogP contribution in [0.2, 0.25) is 0 Å². The molecule has 1 N–H and O–H groups in total. The molecule has 0 unspecified atom stereocenters. The van der Waals surface area contributed by atoms with Crippen LogP contribution >= 0.6 is 0 Å². The third-order valence-corrected chi connectivity index (χ3v) is 4.52. The van der Waals surface area contributed by atoms with Crippen molar-refractivity contribution < 1.29 is 30.7 Å². The van der Waals surface area contributed by atoms with E-state index in [1.807, 2.05) is 0 Å². The van der Waals surface area contributed by atoms with Crippen molar-refractivity contribution in [3.05, 3.63) is 59.9 Å². The summed E-state index contributed by atoms with van der Waals surface area (Å²) in [5, 5.41) is 0. The van der Waals surface area contributed by atoms with Crippen LogP contribution in [0.5, 0.6) is 5.75 Å². The molecule has 138 valence electrons. The van der Waals surface area contributed by atoms with Crippen molar-refractivity contribution in [2.45, 2.75) is 11.1 Å². The lowest BCUT2D eigenvalue weighted by Gasteiger charge is -2.08. The molecule has 0 fully saturated rings. The monoisotopic (exact) mass is 387 g/mol. The molecule has 0 aliphatic heterocycles. The van der Waals surface area contributed by atoms with Gasteiger partial charge in [0, 0.05) is 0 Å². The van der Waals surface area contributed by atoms with Gasteiger partial charge in [-0.15, -0.1) is 0 Å². The van der Waals surface area contributed by atoms with Gasteiger partial charge in [-0.1, -0.05) is 24.0 Å². The second kappa shape index (κ2) is 8.21. The fourth-order valence-corrected chi connectivity index (χ4v) is 2.75. The van der Waals surface area contributed by atoms with E-state index in [2.05, 4.69) is 16.6 Å². The molecule has 0 bridgehead atoms. The van der Waals surface area contributed by atoms with Crippen LogP contribution < -0.4 is 9.46 Å². The van der Waals surface area contributed by atoms with E-state index in [-0.39, 0.29) is 23.8 Å². The van der Waals surface area contributed by atoms with Crippen LogP contribution in [0.4, 0.5) is 17.6 Å². The molecule has 0 heterocycles. The lowest BCUT2D eigenvalue weighted by molar-refractivity contribution is -0.137. The number of nitrogens with one attached hydrogen (secondary N) is 1. The lowest BCUT2D eigenvalue weighted by atomic mass is 10.2. The number of ether oxygens (including phenoxy) is 1. The molecule has 0 spiro atoms. The van der Waals surface area contributed by atoms with Crippen molar-refractivity contribution in [3.63, 3.8) is 0 Å². The van der Waals surface area contributed by atoms with E-state index < -0.39 is 27.6 Å². The van der Waals surface area contributed by atoms with Gasteiger partial charge in [0.1, 0.15) is 6.61 Å². The third kappa shape index (κ3) is 5.47. The van der Waals surface area contributed by atoms with Crippen molar-refractivity contribution in [3.8, 4) is 17.6 Å². The Morgan fingerprint density at radius 3 is 2.27 bits per heavy atom. The predicted molar refractivity (Wildman–Crippen MR) is 86.3 cm³/mol. The zero-order chi connectivity index (χ0) is 19.2. The van der Waals surface area contributed by atoms with Gasteiger partial charge in [-0.3, -0.25) is 0 Å². The summed E-state index contributed by atoms with van der Waals surface area (Å²) in [6.07, 6.45) is -4.54. The van der Waals surface area contributed by atoms with Crippen LogP contribution in [0, 0.1) is 17.7 Å². The minimum absolute atomic E-state index is 0.0205. The molecule has 0 aliphatic rings. The van der Waals surface area contributed by atoms with Crippen molar-refractivity contribution in [2.75, 3.05) is 13.2 Å². The van der Waals surface area contributed by atoms with Crippen LogP contribution in [0.1, 0.15) is 5.56 Å². The molecular weight excluding hydrogens is 374 g/mol. The van der Waals surface area contributed by atoms with Gasteiger partial charge in [-0.25, -0.2) is 12.8 Å². The van der Waals surface area contributed by atoms with E-state index in [9.17, 15) is 26.0 Å². The average Bonchev–Trinajstić information content (AvgIpc) is 2.59.